The van der Waals surface area contributed by atoms with Crippen LogP contribution in [0.1, 0.15) is 30.5 Å². The molecule has 0 aliphatic heterocycles. The van der Waals surface area contributed by atoms with E-state index in [1.165, 1.54) is 29.3 Å². The molecule has 5 rings (SSSR count). The Balaban J connectivity index is 0.000000168. The molecule has 2 N–H and O–H groups in total. The summed E-state index contributed by atoms with van der Waals surface area (Å²) in [5.74, 6) is 0. The predicted molar refractivity (Wildman–Crippen MR) is 160 cm³/mol. The maximum absolute atomic E-state index is 11.0. The molecule has 0 saturated heterocycles. The minimum atomic E-state index is -4.13. The average Bonchev–Trinajstić information content (AvgIpc) is 2.94. The first-order valence-corrected chi connectivity index (χ1v) is 15.3. The van der Waals surface area contributed by atoms with E-state index < -0.39 is 20.2 Å². The minimum Gasteiger partial charge on any atom is -0.282 e. The molecule has 0 aromatic heterocycles. The summed E-state index contributed by atoms with van der Waals surface area (Å²) in [6.07, 6.45) is 0. The first-order chi connectivity index (χ1) is 18.8. The molecule has 0 spiro atoms. The highest BCUT2D eigenvalue weighted by Crippen LogP contribution is 2.30. The Hall–Kier alpha value is -3.82. The van der Waals surface area contributed by atoms with E-state index in [1.807, 2.05) is 13.0 Å². The summed E-state index contributed by atoms with van der Waals surface area (Å²) in [4.78, 5) is -0.112. The van der Waals surface area contributed by atoms with Gasteiger partial charge in [0.05, 0.1) is 4.90 Å². The van der Waals surface area contributed by atoms with Crippen LogP contribution in [0.3, 0.4) is 0 Å². The van der Waals surface area contributed by atoms with Gasteiger partial charge in [-0.3, -0.25) is 9.11 Å². The van der Waals surface area contributed by atoms with Gasteiger partial charge in [-0.1, -0.05) is 129 Å². The Morgan fingerprint density at radius 2 is 0.975 bits per heavy atom. The minimum absolute atomic E-state index is 0.0457. The van der Waals surface area contributed by atoms with Crippen molar-refractivity contribution in [2.45, 2.75) is 36.0 Å². The molecule has 0 atom stereocenters. The molecule has 40 heavy (non-hydrogen) atoms. The van der Waals surface area contributed by atoms with Gasteiger partial charge in [0.1, 0.15) is 4.90 Å². The monoisotopic (exact) mass is 576 g/mol. The number of fused-ring (bicyclic) bond motifs is 1. The van der Waals surface area contributed by atoms with Gasteiger partial charge in [-0.15, -0.1) is 0 Å². The predicted octanol–water partition coefficient (Wildman–Crippen LogP) is 7.34. The van der Waals surface area contributed by atoms with Crippen molar-refractivity contribution in [3.8, 4) is 0 Å². The maximum Gasteiger partial charge on any atom is 0.295 e. The van der Waals surface area contributed by atoms with Crippen LogP contribution in [0.15, 0.2) is 137 Å². The molecule has 0 fully saturated rings. The van der Waals surface area contributed by atoms with Crippen LogP contribution in [-0.2, 0) is 25.7 Å². The van der Waals surface area contributed by atoms with Gasteiger partial charge in [-0.05, 0) is 41.6 Å². The summed E-state index contributed by atoms with van der Waals surface area (Å²) < 4.78 is 60.5. The summed E-state index contributed by atoms with van der Waals surface area (Å²) in [5.41, 5.74) is 3.76. The number of hydrogen-bond donors (Lipinski definition) is 2. The van der Waals surface area contributed by atoms with Crippen molar-refractivity contribution in [3.05, 3.63) is 144 Å². The first kappa shape index (κ1) is 30.7. The van der Waals surface area contributed by atoms with E-state index >= 15 is 0 Å². The van der Waals surface area contributed by atoms with Gasteiger partial charge in [0.2, 0.25) is 0 Å². The van der Waals surface area contributed by atoms with Gasteiger partial charge in [-0.25, -0.2) is 0 Å². The summed E-state index contributed by atoms with van der Waals surface area (Å²) in [5, 5.41) is 1.33. The molecule has 208 valence electrons. The smallest absolute Gasteiger partial charge is 0.282 e. The number of benzene rings is 5. The fourth-order valence-electron chi connectivity index (χ4n) is 4.01. The lowest BCUT2D eigenvalue weighted by Gasteiger charge is -2.25. The van der Waals surface area contributed by atoms with Crippen LogP contribution >= 0.6 is 0 Å². The second-order valence-electron chi connectivity index (χ2n) is 9.60. The molecule has 0 heterocycles. The van der Waals surface area contributed by atoms with E-state index in [1.54, 1.807) is 42.5 Å². The summed E-state index contributed by atoms with van der Waals surface area (Å²) in [6, 6.07) is 39.0. The molecule has 0 radical (unpaired) electrons. The van der Waals surface area contributed by atoms with Crippen molar-refractivity contribution in [3.63, 3.8) is 0 Å². The normalized spacial score (nSPS) is 11.5. The van der Waals surface area contributed by atoms with Crippen LogP contribution in [0, 0.1) is 6.92 Å². The molecule has 0 saturated carbocycles. The van der Waals surface area contributed by atoms with Gasteiger partial charge in [0, 0.05) is 10.8 Å². The third-order valence-corrected chi connectivity index (χ3v) is 8.12. The lowest BCUT2D eigenvalue weighted by molar-refractivity contribution is 0.481. The van der Waals surface area contributed by atoms with Crippen molar-refractivity contribution in [2.75, 3.05) is 0 Å². The topological polar surface area (TPSA) is 109 Å². The summed E-state index contributed by atoms with van der Waals surface area (Å²) >= 11 is 0. The molecule has 0 unspecified atom stereocenters. The maximum atomic E-state index is 11.0. The molecule has 0 aliphatic rings. The quantitative estimate of drug-likeness (QED) is 0.217. The van der Waals surface area contributed by atoms with Gasteiger partial charge in [0.25, 0.3) is 20.2 Å². The van der Waals surface area contributed by atoms with Crippen molar-refractivity contribution in [1.82, 2.24) is 0 Å². The largest absolute Gasteiger partial charge is 0.295 e. The summed E-state index contributed by atoms with van der Waals surface area (Å²) in [6.45, 7) is 6.36. The number of hydrogen-bond acceptors (Lipinski definition) is 4. The highest BCUT2D eigenvalue weighted by molar-refractivity contribution is 7.86. The van der Waals surface area contributed by atoms with E-state index in [4.69, 9.17) is 9.11 Å². The second-order valence-corrected chi connectivity index (χ2v) is 12.4. The van der Waals surface area contributed by atoms with E-state index in [0.29, 0.717) is 5.39 Å². The van der Waals surface area contributed by atoms with Crippen LogP contribution in [0.4, 0.5) is 0 Å². The zero-order chi connectivity index (χ0) is 29.4. The Kier molecular flexibility index (Phi) is 10.0. The van der Waals surface area contributed by atoms with Crippen molar-refractivity contribution in [2.24, 2.45) is 0 Å². The third kappa shape index (κ3) is 8.34. The van der Waals surface area contributed by atoms with Crippen LogP contribution < -0.4 is 0 Å². The van der Waals surface area contributed by atoms with Crippen molar-refractivity contribution < 1.29 is 25.9 Å². The fourth-order valence-corrected chi connectivity index (χ4v) is 5.20. The van der Waals surface area contributed by atoms with Crippen LogP contribution in [0.25, 0.3) is 10.8 Å². The highest BCUT2D eigenvalue weighted by atomic mass is 32.2. The Bertz CT molecular complexity index is 1700. The van der Waals surface area contributed by atoms with Gasteiger partial charge in [0.15, 0.2) is 0 Å². The molecule has 8 heteroatoms. The Morgan fingerprint density at radius 3 is 1.45 bits per heavy atom. The van der Waals surface area contributed by atoms with E-state index in [-0.39, 0.29) is 15.2 Å². The highest BCUT2D eigenvalue weighted by Gasteiger charge is 2.21. The standard InChI is InChI=1S/C15H16.C10H8O3S.C7H8O3S/c1-15(2,13-9-5-3-6-10-13)14-11-7-4-8-12-14;11-14(12,13)10-7-3-5-8-4-1-2-6-9(8)10;1-6-2-4-7(5-3-6)11(8,9)10/h3-12H,1-2H3;1-7H,(H,11,12,13);2-5H,1H3,(H,8,9,10). The second kappa shape index (κ2) is 13.0. The van der Waals surface area contributed by atoms with Crippen LogP contribution in [0.5, 0.6) is 0 Å². The lowest BCUT2D eigenvalue weighted by atomic mass is 9.78. The zero-order valence-electron chi connectivity index (χ0n) is 22.5. The lowest BCUT2D eigenvalue weighted by Crippen LogP contribution is -2.18. The SMILES string of the molecule is CC(C)(c1ccccc1)c1ccccc1.Cc1ccc(S(=O)(=O)O)cc1.O=S(=O)(O)c1cccc2ccccc12. The van der Waals surface area contributed by atoms with E-state index in [0.717, 1.165) is 10.9 Å². The van der Waals surface area contributed by atoms with Crippen LogP contribution in [-0.4, -0.2) is 25.9 Å². The molecule has 5 aromatic carbocycles. The first-order valence-electron chi connectivity index (χ1n) is 12.4. The van der Waals surface area contributed by atoms with E-state index in [9.17, 15) is 16.8 Å². The van der Waals surface area contributed by atoms with Gasteiger partial charge >= 0.3 is 0 Å². The fraction of sp³-hybridized carbons (Fsp3) is 0.125. The molecule has 0 bridgehead atoms. The molecule has 0 amide bonds. The third-order valence-electron chi connectivity index (χ3n) is 6.34. The molecular weight excluding hydrogens is 544 g/mol. The number of aryl methyl sites for hydroxylation is 1. The van der Waals surface area contributed by atoms with E-state index in [2.05, 4.69) is 74.5 Å². The Morgan fingerprint density at radius 1 is 0.525 bits per heavy atom. The van der Waals surface area contributed by atoms with Gasteiger partial charge < -0.3 is 0 Å². The van der Waals surface area contributed by atoms with Crippen LogP contribution in [0.2, 0.25) is 0 Å². The Labute approximate surface area is 236 Å². The van der Waals surface area contributed by atoms with Gasteiger partial charge in [-0.2, -0.15) is 16.8 Å². The molecule has 5 aromatic rings. The molecule has 0 aliphatic carbocycles. The zero-order valence-corrected chi connectivity index (χ0v) is 24.1. The van der Waals surface area contributed by atoms with Crippen molar-refractivity contribution >= 4 is 31.0 Å². The molecule has 6 nitrogen and oxygen atoms in total. The van der Waals surface area contributed by atoms with Crippen molar-refractivity contribution in [1.29, 1.82) is 0 Å². The summed E-state index contributed by atoms with van der Waals surface area (Å²) in [7, 11) is -8.15. The molecular formula is C32H32O6S2. The average molecular weight is 577 g/mol. The number of rotatable bonds is 4.